The normalized spacial score (nSPS) is 23.2. The van der Waals surface area contributed by atoms with Gasteiger partial charge in [0.05, 0.1) is 28.7 Å². The van der Waals surface area contributed by atoms with Crippen LogP contribution in [0.2, 0.25) is 5.02 Å². The lowest BCUT2D eigenvalue weighted by atomic mass is 9.49. The van der Waals surface area contributed by atoms with Gasteiger partial charge < -0.3 is 20.1 Å². The number of anilines is 1. The van der Waals surface area contributed by atoms with Crippen LogP contribution < -0.4 is 15.0 Å². The van der Waals surface area contributed by atoms with E-state index in [9.17, 15) is 9.90 Å². The van der Waals surface area contributed by atoms with Crippen molar-refractivity contribution in [3.63, 3.8) is 0 Å². The quantitative estimate of drug-likeness (QED) is 0.623. The van der Waals surface area contributed by atoms with Crippen molar-refractivity contribution in [3.05, 3.63) is 47.0 Å². The van der Waals surface area contributed by atoms with E-state index in [0.717, 1.165) is 31.6 Å². The Balaban J connectivity index is 1.40. The van der Waals surface area contributed by atoms with Gasteiger partial charge in [0.25, 0.3) is 5.91 Å². The van der Waals surface area contributed by atoms with Gasteiger partial charge in [-0.05, 0) is 30.9 Å². The van der Waals surface area contributed by atoms with Gasteiger partial charge in [0.15, 0.2) is 0 Å². The number of halogens is 1. The highest BCUT2D eigenvalue weighted by molar-refractivity contribution is 6.31. The molecule has 1 amide bonds. The van der Waals surface area contributed by atoms with E-state index in [0.29, 0.717) is 22.3 Å². The third-order valence-corrected chi connectivity index (χ3v) is 7.82. The first-order chi connectivity index (χ1) is 16.6. The summed E-state index contributed by atoms with van der Waals surface area (Å²) in [5.41, 5.74) is 0.557. The van der Waals surface area contributed by atoms with Crippen LogP contribution in [0.25, 0.3) is 0 Å². The summed E-state index contributed by atoms with van der Waals surface area (Å²) in [6.45, 7) is 10.1. The fourth-order valence-corrected chi connectivity index (χ4v) is 5.98. The number of hydrogen-bond donors (Lipinski definition) is 2. The second kappa shape index (κ2) is 9.63. The summed E-state index contributed by atoms with van der Waals surface area (Å²) < 4.78 is 6.28. The molecule has 0 unspecified atom stereocenters. The molecule has 1 aromatic carbocycles. The predicted octanol–water partition coefficient (Wildman–Crippen LogP) is 3.82. The van der Waals surface area contributed by atoms with E-state index in [4.69, 9.17) is 21.6 Å². The summed E-state index contributed by atoms with van der Waals surface area (Å²) in [5.74, 6) is 0.760. The van der Waals surface area contributed by atoms with Gasteiger partial charge in [-0.2, -0.15) is 5.26 Å². The molecule has 1 aliphatic heterocycles. The first kappa shape index (κ1) is 25.2. The van der Waals surface area contributed by atoms with Gasteiger partial charge in [-0.15, -0.1) is 0 Å². The number of rotatable bonds is 6. The molecule has 0 spiro atoms. The first-order valence-electron chi connectivity index (χ1n) is 11.9. The van der Waals surface area contributed by atoms with Gasteiger partial charge in [-0.25, -0.2) is 9.97 Å². The van der Waals surface area contributed by atoms with Crippen LogP contribution in [0.1, 0.15) is 56.7 Å². The number of carbonyl (C=O) groups excluding carboxylic acids is 1. The van der Waals surface area contributed by atoms with Crippen LogP contribution in [0, 0.1) is 28.1 Å². The van der Waals surface area contributed by atoms with Crippen molar-refractivity contribution in [2.45, 2.75) is 52.7 Å². The summed E-state index contributed by atoms with van der Waals surface area (Å²) in [5, 5.41) is 21.9. The van der Waals surface area contributed by atoms with E-state index >= 15 is 0 Å². The Labute approximate surface area is 211 Å². The third kappa shape index (κ3) is 4.80. The van der Waals surface area contributed by atoms with Crippen LogP contribution in [0.4, 0.5) is 5.69 Å². The molecule has 1 aliphatic carbocycles. The Morgan fingerprint density at radius 1 is 1.23 bits per heavy atom. The molecule has 8 nitrogen and oxygen atoms in total. The molecule has 2 N–H and O–H groups in total. The Morgan fingerprint density at radius 2 is 1.86 bits per heavy atom. The summed E-state index contributed by atoms with van der Waals surface area (Å²) in [4.78, 5) is 23.8. The van der Waals surface area contributed by atoms with Crippen LogP contribution in [-0.2, 0) is 0 Å². The maximum Gasteiger partial charge on any atom is 0.289 e. The number of nitrogens with one attached hydrogen (secondary N) is 1. The third-order valence-electron chi connectivity index (χ3n) is 7.51. The van der Waals surface area contributed by atoms with Crippen molar-refractivity contribution in [2.75, 3.05) is 24.6 Å². The minimum Gasteiger partial charge on any atom is -0.489 e. The Bertz CT molecular complexity index is 1100. The van der Waals surface area contributed by atoms with E-state index in [1.165, 1.54) is 0 Å². The van der Waals surface area contributed by atoms with Crippen molar-refractivity contribution in [1.82, 2.24) is 15.3 Å². The van der Waals surface area contributed by atoms with Crippen LogP contribution in [0.5, 0.6) is 5.75 Å². The average molecular weight is 498 g/mol. The lowest BCUT2D eigenvalue weighted by Crippen LogP contribution is -2.74. The minimum absolute atomic E-state index is 0.133. The van der Waals surface area contributed by atoms with Crippen LogP contribution in [-0.4, -0.2) is 52.8 Å². The van der Waals surface area contributed by atoms with Crippen molar-refractivity contribution >= 4 is 23.2 Å². The number of benzene rings is 1. The number of hydrogen-bond acceptors (Lipinski definition) is 7. The van der Waals surface area contributed by atoms with Crippen LogP contribution in [0.15, 0.2) is 30.6 Å². The van der Waals surface area contributed by atoms with Gasteiger partial charge in [-0.1, -0.05) is 39.3 Å². The molecule has 1 saturated heterocycles. The fourth-order valence-electron chi connectivity index (χ4n) is 5.77. The highest BCUT2D eigenvalue weighted by atomic mass is 35.5. The largest absolute Gasteiger partial charge is 0.489 e. The van der Waals surface area contributed by atoms with E-state index < -0.39 is 0 Å². The molecule has 9 heteroatoms. The van der Waals surface area contributed by atoms with Crippen LogP contribution >= 0.6 is 11.6 Å². The average Bonchev–Trinajstić information content (AvgIpc) is 2.85. The second-order valence-electron chi connectivity index (χ2n) is 10.7. The molecule has 0 atom stereocenters. The van der Waals surface area contributed by atoms with Gasteiger partial charge in [0.1, 0.15) is 17.9 Å². The molecule has 186 valence electrons. The number of carbonyl (C=O) groups is 1. The van der Waals surface area contributed by atoms with Gasteiger partial charge in [0, 0.05) is 42.6 Å². The number of piperidine rings is 1. The van der Waals surface area contributed by atoms with Crippen molar-refractivity contribution in [2.24, 2.45) is 16.7 Å². The lowest BCUT2D eigenvalue weighted by molar-refractivity contribution is -0.164. The molecule has 0 bridgehead atoms. The van der Waals surface area contributed by atoms with Gasteiger partial charge in [0.2, 0.25) is 5.82 Å². The molecule has 35 heavy (non-hydrogen) atoms. The maximum absolute atomic E-state index is 13.0. The van der Waals surface area contributed by atoms with Crippen molar-refractivity contribution in [1.29, 1.82) is 5.26 Å². The van der Waals surface area contributed by atoms with E-state index in [1.807, 2.05) is 6.07 Å². The van der Waals surface area contributed by atoms with Gasteiger partial charge in [-0.3, -0.25) is 4.79 Å². The molecule has 4 rings (SSSR count). The fraction of sp³-hybridized carbons (Fsp3) is 0.538. The molecule has 2 aliphatic rings. The van der Waals surface area contributed by atoms with Crippen molar-refractivity contribution in [3.8, 4) is 11.8 Å². The molecular weight excluding hydrogens is 466 g/mol. The second-order valence-corrected chi connectivity index (χ2v) is 11.1. The molecule has 0 radical (unpaired) electrons. The number of nitrogens with zero attached hydrogens (tertiary/aromatic N) is 4. The Kier molecular flexibility index (Phi) is 6.94. The lowest BCUT2D eigenvalue weighted by Gasteiger charge is -2.63. The SMILES string of the molecule is CC1(C)[C@H](NC(=O)c2ncc(N3CCC(CO)CC3)cn2)C(C)(C)[C@H]1Oc1ccc(C#N)c(Cl)c1. The van der Waals surface area contributed by atoms with E-state index in [1.54, 1.807) is 30.6 Å². The molecule has 2 heterocycles. The number of amides is 1. The molecule has 2 aromatic rings. The topological polar surface area (TPSA) is 111 Å². The molecule has 1 saturated carbocycles. The zero-order chi connectivity index (χ0) is 25.4. The predicted molar refractivity (Wildman–Crippen MR) is 133 cm³/mol. The zero-order valence-corrected chi connectivity index (χ0v) is 21.3. The summed E-state index contributed by atoms with van der Waals surface area (Å²) >= 11 is 6.17. The first-order valence-corrected chi connectivity index (χ1v) is 12.3. The summed E-state index contributed by atoms with van der Waals surface area (Å²) in [6, 6.07) is 6.92. The highest BCUT2D eigenvalue weighted by Crippen LogP contribution is 2.55. The Morgan fingerprint density at radius 3 is 2.40 bits per heavy atom. The number of ether oxygens (including phenoxy) is 1. The summed E-state index contributed by atoms with van der Waals surface area (Å²) in [6.07, 6.45) is 5.07. The Hall–Kier alpha value is -2.89. The number of aliphatic hydroxyl groups is 1. The standard InChI is InChI=1S/C26H32ClN5O3/c1-25(2)23(26(3,4)24(25)35-19-6-5-17(12-28)20(27)11-19)31-22(34)21-29-13-18(14-30-21)32-9-7-16(15-33)8-10-32/h5-6,11,13-14,16,23-24,33H,7-10,15H2,1-4H3,(H,31,34)/t23-,24-. The number of nitriles is 1. The highest BCUT2D eigenvalue weighted by Gasteiger charge is 2.64. The van der Waals surface area contributed by atoms with Crippen molar-refractivity contribution < 1.29 is 14.6 Å². The molecule has 2 fully saturated rings. The van der Waals surface area contributed by atoms with Crippen LogP contribution in [0.3, 0.4) is 0 Å². The number of aromatic nitrogens is 2. The van der Waals surface area contributed by atoms with E-state index in [-0.39, 0.29) is 41.3 Å². The zero-order valence-electron chi connectivity index (χ0n) is 20.6. The van der Waals surface area contributed by atoms with E-state index in [2.05, 4.69) is 47.9 Å². The number of aliphatic hydroxyl groups excluding tert-OH is 1. The summed E-state index contributed by atoms with van der Waals surface area (Å²) in [7, 11) is 0. The molecule has 1 aromatic heterocycles. The molecular formula is C26H32ClN5O3. The smallest absolute Gasteiger partial charge is 0.289 e. The maximum atomic E-state index is 13.0. The van der Waals surface area contributed by atoms with Gasteiger partial charge >= 0.3 is 0 Å². The monoisotopic (exact) mass is 497 g/mol. The minimum atomic E-state index is -0.365.